The second-order valence-corrected chi connectivity index (χ2v) is 6.28. The fourth-order valence-electron chi connectivity index (χ4n) is 3.02. The second-order valence-electron chi connectivity index (χ2n) is 6.28. The molecule has 0 radical (unpaired) electrons. The minimum Gasteiger partial charge on any atom is -0.307 e. The molecule has 5 heteroatoms. The molecular formula is C17H25F3N2. The number of rotatable bonds is 5. The molecule has 22 heavy (non-hydrogen) atoms. The van der Waals surface area contributed by atoms with E-state index in [1.54, 1.807) is 0 Å². The number of hydrogen-bond acceptors (Lipinski definition) is 2. The molecule has 1 heterocycles. The highest BCUT2D eigenvalue weighted by atomic mass is 19.4. The summed E-state index contributed by atoms with van der Waals surface area (Å²) in [5, 5.41) is 2.56. The van der Waals surface area contributed by atoms with E-state index in [-0.39, 0.29) is 6.04 Å². The molecule has 0 aromatic heterocycles. The maximum atomic E-state index is 12.3. The molecular weight excluding hydrogens is 289 g/mol. The van der Waals surface area contributed by atoms with Crippen molar-refractivity contribution in [2.45, 2.75) is 51.9 Å². The Morgan fingerprint density at radius 2 is 1.95 bits per heavy atom. The molecule has 0 aliphatic carbocycles. The molecule has 0 bridgehead atoms. The van der Waals surface area contributed by atoms with Gasteiger partial charge in [0.25, 0.3) is 0 Å². The molecule has 1 aromatic carbocycles. The Morgan fingerprint density at radius 1 is 1.18 bits per heavy atom. The van der Waals surface area contributed by atoms with E-state index < -0.39 is 12.7 Å². The maximum Gasteiger partial charge on any atom is 0.401 e. The zero-order valence-electron chi connectivity index (χ0n) is 13.3. The van der Waals surface area contributed by atoms with Gasteiger partial charge in [0, 0.05) is 19.1 Å². The zero-order chi connectivity index (χ0) is 16.2. The molecule has 1 aliphatic rings. The highest BCUT2D eigenvalue weighted by Gasteiger charge is 2.28. The van der Waals surface area contributed by atoms with Crippen LogP contribution >= 0.6 is 0 Å². The van der Waals surface area contributed by atoms with Gasteiger partial charge in [0.1, 0.15) is 0 Å². The van der Waals surface area contributed by atoms with E-state index in [0.717, 1.165) is 32.4 Å². The van der Waals surface area contributed by atoms with Crippen LogP contribution in [0.5, 0.6) is 0 Å². The van der Waals surface area contributed by atoms with Crippen LogP contribution in [-0.4, -0.2) is 36.8 Å². The lowest BCUT2D eigenvalue weighted by Gasteiger charge is -2.36. The predicted octanol–water partition coefficient (Wildman–Crippen LogP) is 3.81. The Labute approximate surface area is 130 Å². The number of halogens is 3. The van der Waals surface area contributed by atoms with Crippen molar-refractivity contribution in [3.63, 3.8) is 0 Å². The number of likely N-dealkylation sites (tertiary alicyclic amines) is 1. The first kappa shape index (κ1) is 17.3. The van der Waals surface area contributed by atoms with E-state index in [1.165, 1.54) is 16.7 Å². The van der Waals surface area contributed by atoms with Gasteiger partial charge in [0.05, 0.1) is 6.54 Å². The van der Waals surface area contributed by atoms with Gasteiger partial charge in [-0.1, -0.05) is 24.6 Å². The highest BCUT2D eigenvalue weighted by Crippen LogP contribution is 2.21. The summed E-state index contributed by atoms with van der Waals surface area (Å²) in [4.78, 5) is 2.32. The minimum absolute atomic E-state index is 0.192. The quantitative estimate of drug-likeness (QED) is 0.889. The van der Waals surface area contributed by atoms with Gasteiger partial charge in [0.15, 0.2) is 0 Å². The largest absolute Gasteiger partial charge is 0.401 e. The Morgan fingerprint density at radius 3 is 2.64 bits per heavy atom. The van der Waals surface area contributed by atoms with Crippen LogP contribution < -0.4 is 5.32 Å². The average Bonchev–Trinajstić information content (AvgIpc) is 2.43. The summed E-state index contributed by atoms with van der Waals surface area (Å²) in [6.07, 6.45) is -0.939. The van der Waals surface area contributed by atoms with Gasteiger partial charge in [-0.25, -0.2) is 0 Å². The summed E-state index contributed by atoms with van der Waals surface area (Å²) < 4.78 is 36.8. The third-order valence-electron chi connectivity index (χ3n) is 4.41. The van der Waals surface area contributed by atoms with Crippen LogP contribution in [0.15, 0.2) is 18.2 Å². The van der Waals surface area contributed by atoms with Gasteiger partial charge in [0.2, 0.25) is 0 Å². The van der Waals surface area contributed by atoms with E-state index in [9.17, 15) is 13.2 Å². The molecule has 1 N–H and O–H groups in total. The number of aryl methyl sites for hydroxylation is 2. The highest BCUT2D eigenvalue weighted by molar-refractivity contribution is 5.29. The van der Waals surface area contributed by atoms with Crippen LogP contribution in [0.25, 0.3) is 0 Å². The van der Waals surface area contributed by atoms with Gasteiger partial charge >= 0.3 is 6.18 Å². The lowest BCUT2D eigenvalue weighted by Crippen LogP contribution is -2.46. The Bertz CT molecular complexity index is 485. The molecule has 0 spiro atoms. The molecule has 2 rings (SSSR count). The summed E-state index contributed by atoms with van der Waals surface area (Å²) in [6.45, 7) is 5.47. The van der Waals surface area contributed by atoms with Crippen molar-refractivity contribution in [2.75, 3.05) is 19.6 Å². The smallest absolute Gasteiger partial charge is 0.307 e. The van der Waals surface area contributed by atoms with Gasteiger partial charge in [-0.3, -0.25) is 4.90 Å². The molecule has 1 aromatic rings. The van der Waals surface area contributed by atoms with E-state index in [0.29, 0.717) is 6.54 Å². The van der Waals surface area contributed by atoms with Gasteiger partial charge in [-0.2, -0.15) is 13.2 Å². The number of benzene rings is 1. The van der Waals surface area contributed by atoms with Crippen molar-refractivity contribution in [1.82, 2.24) is 10.2 Å². The van der Waals surface area contributed by atoms with Crippen LogP contribution in [0.3, 0.4) is 0 Å². The SMILES string of the molecule is Cc1ccc(CN2CCCCC2CNCC(F)(F)F)cc1C. The lowest BCUT2D eigenvalue weighted by molar-refractivity contribution is -0.125. The summed E-state index contributed by atoms with van der Waals surface area (Å²) in [5.74, 6) is 0. The Kier molecular flexibility index (Phi) is 5.87. The van der Waals surface area contributed by atoms with Gasteiger partial charge in [-0.05, 0) is 49.9 Å². The molecule has 1 fully saturated rings. The number of hydrogen-bond donors (Lipinski definition) is 1. The standard InChI is InChI=1S/C17H25F3N2/c1-13-6-7-15(9-14(13)2)11-22-8-4-3-5-16(22)10-21-12-17(18,19)20/h6-7,9,16,21H,3-5,8,10-12H2,1-2H3. The van der Waals surface area contributed by atoms with Crippen molar-refractivity contribution in [1.29, 1.82) is 0 Å². The molecule has 0 amide bonds. The Balaban J connectivity index is 1.92. The number of alkyl halides is 3. The normalized spacial score (nSPS) is 20.3. The van der Waals surface area contributed by atoms with Crippen LogP contribution in [0.1, 0.15) is 36.0 Å². The van der Waals surface area contributed by atoms with Crippen LogP contribution in [0, 0.1) is 13.8 Å². The van der Waals surface area contributed by atoms with E-state index in [2.05, 4.69) is 42.3 Å². The van der Waals surface area contributed by atoms with Crippen molar-refractivity contribution in [3.8, 4) is 0 Å². The third kappa shape index (κ3) is 5.29. The fraction of sp³-hybridized carbons (Fsp3) is 0.647. The first-order valence-electron chi connectivity index (χ1n) is 7.93. The predicted molar refractivity (Wildman–Crippen MR) is 82.9 cm³/mol. The van der Waals surface area contributed by atoms with E-state index in [1.807, 2.05) is 0 Å². The lowest BCUT2D eigenvalue weighted by atomic mass is 10.00. The summed E-state index contributed by atoms with van der Waals surface area (Å²) in [7, 11) is 0. The second kappa shape index (κ2) is 7.47. The number of nitrogens with zero attached hydrogens (tertiary/aromatic N) is 1. The Hall–Kier alpha value is -1.07. The van der Waals surface area contributed by atoms with Crippen LogP contribution in [-0.2, 0) is 6.54 Å². The molecule has 1 saturated heterocycles. The van der Waals surface area contributed by atoms with Crippen molar-refractivity contribution in [2.24, 2.45) is 0 Å². The van der Waals surface area contributed by atoms with Crippen molar-refractivity contribution >= 4 is 0 Å². The van der Waals surface area contributed by atoms with E-state index >= 15 is 0 Å². The molecule has 1 atom stereocenters. The van der Waals surface area contributed by atoms with Gasteiger partial charge in [-0.15, -0.1) is 0 Å². The van der Waals surface area contributed by atoms with Gasteiger partial charge < -0.3 is 5.32 Å². The molecule has 2 nitrogen and oxygen atoms in total. The molecule has 1 unspecified atom stereocenters. The van der Waals surface area contributed by atoms with E-state index in [4.69, 9.17) is 0 Å². The third-order valence-corrected chi connectivity index (χ3v) is 4.41. The first-order valence-corrected chi connectivity index (χ1v) is 7.93. The summed E-state index contributed by atoms with van der Waals surface area (Å²) in [5.41, 5.74) is 3.78. The summed E-state index contributed by atoms with van der Waals surface area (Å²) in [6, 6.07) is 6.62. The van der Waals surface area contributed by atoms with Crippen molar-refractivity contribution in [3.05, 3.63) is 34.9 Å². The fourth-order valence-corrected chi connectivity index (χ4v) is 3.02. The summed E-state index contributed by atoms with van der Waals surface area (Å²) >= 11 is 0. The molecule has 1 aliphatic heterocycles. The first-order chi connectivity index (χ1) is 10.3. The number of piperidine rings is 1. The molecule has 0 saturated carbocycles. The monoisotopic (exact) mass is 314 g/mol. The van der Waals surface area contributed by atoms with Crippen molar-refractivity contribution < 1.29 is 13.2 Å². The van der Waals surface area contributed by atoms with Crippen LogP contribution in [0.4, 0.5) is 13.2 Å². The van der Waals surface area contributed by atoms with Crippen LogP contribution in [0.2, 0.25) is 0 Å². The maximum absolute atomic E-state index is 12.3. The zero-order valence-corrected chi connectivity index (χ0v) is 13.3. The number of nitrogens with one attached hydrogen (secondary N) is 1. The topological polar surface area (TPSA) is 15.3 Å². The average molecular weight is 314 g/mol. The minimum atomic E-state index is -4.13. The molecule has 124 valence electrons.